The summed E-state index contributed by atoms with van der Waals surface area (Å²) >= 11 is 0. The lowest BCUT2D eigenvalue weighted by molar-refractivity contribution is 0.0469. The van der Waals surface area contributed by atoms with Crippen LogP contribution in [0, 0.1) is 0 Å². The van der Waals surface area contributed by atoms with Gasteiger partial charge in [-0.3, -0.25) is 9.59 Å². The molecule has 0 unspecified atom stereocenters. The second kappa shape index (κ2) is 5.97. The first kappa shape index (κ1) is 13.7. The Morgan fingerprint density at radius 3 is 2.40 bits per heavy atom. The Hall–Kier alpha value is -2.69. The number of hydrogen-bond donors (Lipinski definition) is 1. The summed E-state index contributed by atoms with van der Waals surface area (Å²) < 4.78 is 4.91. The van der Waals surface area contributed by atoms with Crippen LogP contribution in [0.25, 0.3) is 0 Å². The van der Waals surface area contributed by atoms with Crippen LogP contribution >= 0.6 is 0 Å². The Labute approximate surface area is 115 Å². The molecule has 0 atom stereocenters. The van der Waals surface area contributed by atoms with E-state index in [0.717, 1.165) is 0 Å². The maximum absolute atomic E-state index is 11.8. The highest BCUT2D eigenvalue weighted by atomic mass is 16.5. The van der Waals surface area contributed by atoms with Crippen LogP contribution in [-0.2, 0) is 4.74 Å². The topological polar surface area (TPSA) is 76.2 Å². The number of ether oxygens (including phenoxy) is 1. The zero-order chi connectivity index (χ0) is 14.5. The van der Waals surface area contributed by atoms with Crippen LogP contribution in [0.3, 0.4) is 0 Å². The standard InChI is InChI=1S/C15H13NO4/c1-10(17)12-7-13(16-8-12)15(19)20-9-14(18)11-5-3-2-4-6-11/h2-8,16H,9H2,1H3. The molecule has 0 radical (unpaired) electrons. The quantitative estimate of drug-likeness (QED) is 0.668. The highest BCUT2D eigenvalue weighted by molar-refractivity contribution is 6.00. The van der Waals surface area contributed by atoms with E-state index in [1.807, 2.05) is 0 Å². The predicted molar refractivity (Wildman–Crippen MR) is 71.9 cm³/mol. The SMILES string of the molecule is CC(=O)c1c[nH]c(C(=O)OCC(=O)c2ccccc2)c1. The fraction of sp³-hybridized carbons (Fsp3) is 0.133. The molecule has 0 spiro atoms. The number of Topliss-reactive ketones (excluding diaryl/α,β-unsaturated/α-hetero) is 2. The van der Waals surface area contributed by atoms with Crippen molar-refractivity contribution in [3.8, 4) is 0 Å². The van der Waals surface area contributed by atoms with E-state index >= 15 is 0 Å². The van der Waals surface area contributed by atoms with Crippen molar-refractivity contribution in [3.05, 3.63) is 59.4 Å². The van der Waals surface area contributed by atoms with E-state index in [4.69, 9.17) is 4.74 Å². The molecule has 0 aliphatic carbocycles. The van der Waals surface area contributed by atoms with Gasteiger partial charge in [0.05, 0.1) is 0 Å². The van der Waals surface area contributed by atoms with Crippen LogP contribution in [0.5, 0.6) is 0 Å². The summed E-state index contributed by atoms with van der Waals surface area (Å²) in [5, 5.41) is 0. The van der Waals surface area contributed by atoms with E-state index in [0.29, 0.717) is 11.1 Å². The minimum atomic E-state index is -0.665. The molecule has 5 nitrogen and oxygen atoms in total. The van der Waals surface area contributed by atoms with Gasteiger partial charge in [-0.05, 0) is 13.0 Å². The van der Waals surface area contributed by atoms with Crippen molar-refractivity contribution in [2.75, 3.05) is 6.61 Å². The molecule has 1 N–H and O–H groups in total. The average molecular weight is 271 g/mol. The first-order valence-corrected chi connectivity index (χ1v) is 6.02. The van der Waals surface area contributed by atoms with Crippen LogP contribution in [0.15, 0.2) is 42.6 Å². The number of nitrogens with one attached hydrogen (secondary N) is 1. The van der Waals surface area contributed by atoms with Gasteiger partial charge >= 0.3 is 5.97 Å². The third-order valence-electron chi connectivity index (χ3n) is 2.74. The molecule has 0 amide bonds. The Morgan fingerprint density at radius 2 is 1.80 bits per heavy atom. The molecule has 1 aromatic heterocycles. The smallest absolute Gasteiger partial charge is 0.355 e. The van der Waals surface area contributed by atoms with E-state index in [-0.39, 0.29) is 23.9 Å². The van der Waals surface area contributed by atoms with E-state index in [1.165, 1.54) is 19.2 Å². The van der Waals surface area contributed by atoms with Gasteiger partial charge in [-0.25, -0.2) is 4.79 Å². The maximum Gasteiger partial charge on any atom is 0.355 e. The molecule has 0 aliphatic heterocycles. The fourth-order valence-corrected chi connectivity index (χ4v) is 1.63. The Bertz CT molecular complexity index is 643. The minimum Gasteiger partial charge on any atom is -0.453 e. The molecule has 1 aromatic carbocycles. The van der Waals surface area contributed by atoms with Crippen molar-refractivity contribution < 1.29 is 19.1 Å². The number of carbonyl (C=O) groups excluding carboxylic acids is 3. The second-order valence-electron chi connectivity index (χ2n) is 4.22. The fourth-order valence-electron chi connectivity index (χ4n) is 1.63. The molecule has 2 aromatic rings. The lowest BCUT2D eigenvalue weighted by atomic mass is 10.1. The summed E-state index contributed by atoms with van der Waals surface area (Å²) in [5.41, 5.74) is 1.03. The van der Waals surface area contributed by atoms with Gasteiger partial charge in [0.1, 0.15) is 5.69 Å². The highest BCUT2D eigenvalue weighted by Crippen LogP contribution is 2.07. The first-order chi connectivity index (χ1) is 9.58. The van der Waals surface area contributed by atoms with E-state index < -0.39 is 5.97 Å². The number of ketones is 2. The molecule has 1 heterocycles. The van der Waals surface area contributed by atoms with Gasteiger partial charge in [0.2, 0.25) is 0 Å². The summed E-state index contributed by atoms with van der Waals surface area (Å²) in [7, 11) is 0. The average Bonchev–Trinajstić information content (AvgIpc) is 2.95. The zero-order valence-electron chi connectivity index (χ0n) is 10.9. The normalized spacial score (nSPS) is 10.1. The third kappa shape index (κ3) is 3.20. The molecular weight excluding hydrogens is 258 g/mol. The summed E-state index contributed by atoms with van der Waals surface area (Å²) in [6, 6.07) is 9.97. The van der Waals surface area contributed by atoms with Gasteiger partial charge < -0.3 is 9.72 Å². The molecule has 0 aliphatic rings. The molecule has 20 heavy (non-hydrogen) atoms. The summed E-state index contributed by atoms with van der Waals surface area (Å²) in [6.07, 6.45) is 1.43. The highest BCUT2D eigenvalue weighted by Gasteiger charge is 2.14. The number of carbonyl (C=O) groups is 3. The molecule has 0 saturated heterocycles. The van der Waals surface area contributed by atoms with Gasteiger partial charge in [0, 0.05) is 17.3 Å². The van der Waals surface area contributed by atoms with Crippen LogP contribution in [0.4, 0.5) is 0 Å². The van der Waals surface area contributed by atoms with Crippen LogP contribution in [-0.4, -0.2) is 29.1 Å². The van der Waals surface area contributed by atoms with Gasteiger partial charge in [0.25, 0.3) is 0 Å². The van der Waals surface area contributed by atoms with E-state index in [9.17, 15) is 14.4 Å². The number of aromatic amines is 1. The van der Waals surface area contributed by atoms with Gasteiger partial charge in [-0.15, -0.1) is 0 Å². The van der Waals surface area contributed by atoms with Crippen LogP contribution < -0.4 is 0 Å². The van der Waals surface area contributed by atoms with Crippen molar-refractivity contribution in [1.82, 2.24) is 4.98 Å². The van der Waals surface area contributed by atoms with Crippen molar-refractivity contribution in [1.29, 1.82) is 0 Å². The lowest BCUT2D eigenvalue weighted by Crippen LogP contribution is -2.14. The molecule has 5 heteroatoms. The largest absolute Gasteiger partial charge is 0.453 e. The number of benzene rings is 1. The first-order valence-electron chi connectivity index (χ1n) is 6.02. The van der Waals surface area contributed by atoms with E-state index in [2.05, 4.69) is 4.98 Å². The third-order valence-corrected chi connectivity index (χ3v) is 2.74. The summed E-state index contributed by atoms with van der Waals surface area (Å²) in [4.78, 5) is 37.2. The van der Waals surface area contributed by atoms with Gasteiger partial charge in [-0.1, -0.05) is 30.3 Å². The monoisotopic (exact) mass is 271 g/mol. The summed E-state index contributed by atoms with van der Waals surface area (Å²) in [5.74, 6) is -1.10. The second-order valence-corrected chi connectivity index (χ2v) is 4.22. The van der Waals surface area contributed by atoms with Crippen molar-refractivity contribution in [2.24, 2.45) is 0 Å². The molecule has 0 bridgehead atoms. The van der Waals surface area contributed by atoms with Crippen molar-refractivity contribution >= 4 is 17.5 Å². The molecule has 0 saturated carbocycles. The molecular formula is C15H13NO4. The molecule has 0 fully saturated rings. The lowest BCUT2D eigenvalue weighted by Gasteiger charge is -2.02. The zero-order valence-corrected chi connectivity index (χ0v) is 10.9. The maximum atomic E-state index is 11.8. The van der Waals surface area contributed by atoms with Crippen molar-refractivity contribution in [2.45, 2.75) is 6.92 Å². The number of hydrogen-bond acceptors (Lipinski definition) is 4. The van der Waals surface area contributed by atoms with Crippen LogP contribution in [0.2, 0.25) is 0 Å². The Morgan fingerprint density at radius 1 is 1.10 bits per heavy atom. The number of rotatable bonds is 5. The molecule has 2 rings (SSSR count). The molecule has 102 valence electrons. The number of H-pyrrole nitrogens is 1. The predicted octanol–water partition coefficient (Wildman–Crippen LogP) is 2.26. The Kier molecular flexibility index (Phi) is 4.10. The van der Waals surface area contributed by atoms with Crippen LogP contribution in [0.1, 0.15) is 38.1 Å². The van der Waals surface area contributed by atoms with Gasteiger partial charge in [0.15, 0.2) is 18.2 Å². The summed E-state index contributed by atoms with van der Waals surface area (Å²) in [6.45, 7) is 1.06. The van der Waals surface area contributed by atoms with E-state index in [1.54, 1.807) is 30.3 Å². The van der Waals surface area contributed by atoms with Gasteiger partial charge in [-0.2, -0.15) is 0 Å². The van der Waals surface area contributed by atoms with Crippen molar-refractivity contribution in [3.63, 3.8) is 0 Å². The Balaban J connectivity index is 1.95. The number of aromatic nitrogens is 1. The minimum absolute atomic E-state index is 0.149. The number of esters is 1.